The highest BCUT2D eigenvalue weighted by atomic mass is 35.5. The Kier molecular flexibility index (Phi) is 5.72. The number of hydrogen-bond donors (Lipinski definition) is 0. The van der Waals surface area contributed by atoms with E-state index in [1.807, 2.05) is 12.3 Å². The van der Waals surface area contributed by atoms with Crippen LogP contribution in [0.3, 0.4) is 0 Å². The van der Waals surface area contributed by atoms with Crippen molar-refractivity contribution in [2.45, 2.75) is 33.6 Å². The fourth-order valence-corrected chi connectivity index (χ4v) is 1.36. The molecule has 1 rings (SSSR count). The van der Waals surface area contributed by atoms with Gasteiger partial charge in [0.25, 0.3) is 0 Å². The zero-order valence-electron chi connectivity index (χ0n) is 8.58. The Labute approximate surface area is 87.0 Å². The van der Waals surface area contributed by atoms with Crippen molar-refractivity contribution in [2.24, 2.45) is 5.92 Å². The average Bonchev–Trinajstić information content (AvgIpc) is 2.04. The molecule has 0 unspecified atom stereocenters. The second-order valence-corrected chi connectivity index (χ2v) is 3.56. The highest BCUT2D eigenvalue weighted by Gasteiger charge is 2.02. The van der Waals surface area contributed by atoms with Crippen molar-refractivity contribution in [3.05, 3.63) is 29.6 Å². The Hall–Kier alpha value is -0.560. The molecule has 0 bridgehead atoms. The van der Waals surface area contributed by atoms with Gasteiger partial charge in [-0.15, -0.1) is 12.4 Å². The molecule has 0 fully saturated rings. The van der Waals surface area contributed by atoms with Crippen LogP contribution in [0.1, 0.15) is 32.0 Å². The lowest BCUT2D eigenvalue weighted by molar-refractivity contribution is 0.630. The monoisotopic (exact) mass is 199 g/mol. The van der Waals surface area contributed by atoms with Crippen LogP contribution in [0.15, 0.2) is 18.3 Å². The van der Waals surface area contributed by atoms with E-state index in [2.05, 4.69) is 31.8 Å². The van der Waals surface area contributed by atoms with E-state index < -0.39 is 0 Å². The maximum Gasteiger partial charge on any atom is 0.0437 e. The van der Waals surface area contributed by atoms with Crippen LogP contribution in [0.4, 0.5) is 0 Å². The van der Waals surface area contributed by atoms with E-state index in [9.17, 15) is 0 Å². The van der Waals surface area contributed by atoms with Gasteiger partial charge in [-0.2, -0.15) is 0 Å². The summed E-state index contributed by atoms with van der Waals surface area (Å²) in [5.74, 6) is 0.699. The summed E-state index contributed by atoms with van der Waals surface area (Å²) in [6.07, 6.45) is 4.08. The van der Waals surface area contributed by atoms with Crippen molar-refractivity contribution in [3.8, 4) is 0 Å². The van der Waals surface area contributed by atoms with Crippen molar-refractivity contribution < 1.29 is 0 Å². The molecule has 0 saturated heterocycles. The first kappa shape index (κ1) is 12.4. The first-order chi connectivity index (χ1) is 5.74. The summed E-state index contributed by atoms with van der Waals surface area (Å²) in [5.41, 5.74) is 2.67. The third-order valence-corrected chi connectivity index (χ3v) is 1.97. The lowest BCUT2D eigenvalue weighted by Crippen LogP contribution is -2.01. The lowest BCUT2D eigenvalue weighted by Gasteiger charge is -2.07. The maximum atomic E-state index is 4.39. The SMILES string of the molecule is CCc1cccnc1CC(C)C.Cl. The molecule has 74 valence electrons. The van der Waals surface area contributed by atoms with Gasteiger partial charge in [0.05, 0.1) is 0 Å². The largest absolute Gasteiger partial charge is 0.261 e. The predicted molar refractivity (Wildman–Crippen MR) is 59.4 cm³/mol. The zero-order chi connectivity index (χ0) is 8.97. The van der Waals surface area contributed by atoms with E-state index in [0.717, 1.165) is 12.8 Å². The zero-order valence-corrected chi connectivity index (χ0v) is 9.40. The number of rotatable bonds is 3. The van der Waals surface area contributed by atoms with E-state index >= 15 is 0 Å². The minimum absolute atomic E-state index is 0. The minimum Gasteiger partial charge on any atom is -0.261 e. The third-order valence-electron chi connectivity index (χ3n) is 1.97. The van der Waals surface area contributed by atoms with Crippen molar-refractivity contribution in [1.82, 2.24) is 4.98 Å². The van der Waals surface area contributed by atoms with Gasteiger partial charge in [0.15, 0.2) is 0 Å². The highest BCUT2D eigenvalue weighted by Crippen LogP contribution is 2.10. The molecular formula is C11H18ClN. The van der Waals surface area contributed by atoms with E-state index in [1.54, 1.807) is 0 Å². The molecule has 0 amide bonds. The Morgan fingerprint density at radius 2 is 2.08 bits per heavy atom. The van der Waals surface area contributed by atoms with E-state index in [4.69, 9.17) is 0 Å². The van der Waals surface area contributed by atoms with Gasteiger partial charge < -0.3 is 0 Å². The summed E-state index contributed by atoms with van der Waals surface area (Å²) in [7, 11) is 0. The second-order valence-electron chi connectivity index (χ2n) is 3.56. The molecule has 0 aromatic carbocycles. The maximum absolute atomic E-state index is 4.39. The van der Waals surface area contributed by atoms with Crippen molar-refractivity contribution in [1.29, 1.82) is 0 Å². The summed E-state index contributed by atoms with van der Waals surface area (Å²) in [6, 6.07) is 4.19. The fraction of sp³-hybridized carbons (Fsp3) is 0.545. The molecule has 1 heterocycles. The van der Waals surface area contributed by atoms with E-state index in [-0.39, 0.29) is 12.4 Å². The summed E-state index contributed by atoms with van der Waals surface area (Å²) < 4.78 is 0. The Balaban J connectivity index is 0.00000144. The molecular weight excluding hydrogens is 182 g/mol. The van der Waals surface area contributed by atoms with Crippen molar-refractivity contribution in [2.75, 3.05) is 0 Å². The van der Waals surface area contributed by atoms with Crippen LogP contribution in [0, 0.1) is 5.92 Å². The van der Waals surface area contributed by atoms with Crippen molar-refractivity contribution >= 4 is 12.4 Å². The third kappa shape index (κ3) is 3.77. The van der Waals surface area contributed by atoms with Gasteiger partial charge in [-0.3, -0.25) is 4.98 Å². The molecule has 1 aromatic rings. The van der Waals surface area contributed by atoms with Crippen LogP contribution < -0.4 is 0 Å². The van der Waals surface area contributed by atoms with Gasteiger partial charge in [-0.25, -0.2) is 0 Å². The van der Waals surface area contributed by atoms with E-state index in [1.165, 1.54) is 11.3 Å². The summed E-state index contributed by atoms with van der Waals surface area (Å²) in [5, 5.41) is 0. The molecule has 13 heavy (non-hydrogen) atoms. The Morgan fingerprint density at radius 1 is 1.38 bits per heavy atom. The lowest BCUT2D eigenvalue weighted by atomic mass is 10.0. The van der Waals surface area contributed by atoms with Crippen LogP contribution in [0.2, 0.25) is 0 Å². The van der Waals surface area contributed by atoms with Gasteiger partial charge in [0.1, 0.15) is 0 Å². The summed E-state index contributed by atoms with van der Waals surface area (Å²) in [4.78, 5) is 4.39. The molecule has 1 aromatic heterocycles. The average molecular weight is 200 g/mol. The fourth-order valence-electron chi connectivity index (χ4n) is 1.36. The standard InChI is InChI=1S/C11H17N.ClH/c1-4-10-6-5-7-12-11(10)8-9(2)3;/h5-7,9H,4,8H2,1-3H3;1H. The Morgan fingerprint density at radius 3 is 2.62 bits per heavy atom. The highest BCUT2D eigenvalue weighted by molar-refractivity contribution is 5.85. The van der Waals surface area contributed by atoms with Crippen LogP contribution in [-0.4, -0.2) is 4.98 Å². The van der Waals surface area contributed by atoms with Gasteiger partial charge in [0.2, 0.25) is 0 Å². The Bertz CT molecular complexity index is 246. The normalized spacial score (nSPS) is 9.85. The van der Waals surface area contributed by atoms with Crippen LogP contribution >= 0.6 is 12.4 Å². The number of aryl methyl sites for hydroxylation is 1. The minimum atomic E-state index is 0. The number of pyridine rings is 1. The van der Waals surface area contributed by atoms with Gasteiger partial charge >= 0.3 is 0 Å². The molecule has 0 aliphatic rings. The smallest absolute Gasteiger partial charge is 0.0437 e. The molecule has 0 saturated carbocycles. The molecule has 0 N–H and O–H groups in total. The second kappa shape index (κ2) is 5.98. The van der Waals surface area contributed by atoms with Crippen molar-refractivity contribution in [3.63, 3.8) is 0 Å². The van der Waals surface area contributed by atoms with E-state index in [0.29, 0.717) is 5.92 Å². The molecule has 0 aliphatic heterocycles. The molecule has 0 atom stereocenters. The van der Waals surface area contributed by atoms with Crippen LogP contribution in [-0.2, 0) is 12.8 Å². The molecule has 2 heteroatoms. The number of halogens is 1. The first-order valence-corrected chi connectivity index (χ1v) is 4.66. The topological polar surface area (TPSA) is 12.9 Å². The van der Waals surface area contributed by atoms with Crippen LogP contribution in [0.5, 0.6) is 0 Å². The summed E-state index contributed by atoms with van der Waals surface area (Å²) >= 11 is 0. The van der Waals surface area contributed by atoms with Gasteiger partial charge in [-0.05, 0) is 30.4 Å². The van der Waals surface area contributed by atoms with Crippen LogP contribution in [0.25, 0.3) is 0 Å². The molecule has 0 aliphatic carbocycles. The number of aromatic nitrogens is 1. The number of hydrogen-bond acceptors (Lipinski definition) is 1. The van der Waals surface area contributed by atoms with Gasteiger partial charge in [0, 0.05) is 11.9 Å². The van der Waals surface area contributed by atoms with Gasteiger partial charge in [-0.1, -0.05) is 26.8 Å². The molecule has 0 spiro atoms. The quantitative estimate of drug-likeness (QED) is 0.728. The first-order valence-electron chi connectivity index (χ1n) is 4.66. The number of nitrogens with zero attached hydrogens (tertiary/aromatic N) is 1. The molecule has 0 radical (unpaired) electrons. The summed E-state index contributed by atoms with van der Waals surface area (Å²) in [6.45, 7) is 6.64. The molecule has 1 nitrogen and oxygen atoms in total. The predicted octanol–water partition coefficient (Wildman–Crippen LogP) is 3.26.